The van der Waals surface area contributed by atoms with Gasteiger partial charge in [-0.3, -0.25) is 4.79 Å². The molecule has 20 heavy (non-hydrogen) atoms. The van der Waals surface area contributed by atoms with Gasteiger partial charge >= 0.3 is 0 Å². The molecule has 1 atom stereocenters. The number of rotatable bonds is 2. The minimum Gasteiger partial charge on any atom is -0.369 e. The highest BCUT2D eigenvalue weighted by atomic mass is 35.5. The van der Waals surface area contributed by atoms with E-state index in [2.05, 4.69) is 10.6 Å². The average molecular weight is 328 g/mol. The fourth-order valence-electron chi connectivity index (χ4n) is 2.15. The SMILES string of the molecule is O=C1Nc2ccc(Cl)cc2C1Nc1cccc(Cl)c1Cl. The number of carbonyl (C=O) groups excluding carboxylic acids is 1. The van der Waals surface area contributed by atoms with E-state index in [4.69, 9.17) is 34.8 Å². The number of amides is 1. The number of carbonyl (C=O) groups is 1. The van der Waals surface area contributed by atoms with Gasteiger partial charge in [-0.15, -0.1) is 0 Å². The highest BCUT2D eigenvalue weighted by Crippen LogP contribution is 2.37. The van der Waals surface area contributed by atoms with E-state index in [1.54, 1.807) is 36.4 Å². The van der Waals surface area contributed by atoms with Crippen LogP contribution in [-0.2, 0) is 4.79 Å². The lowest BCUT2D eigenvalue weighted by Crippen LogP contribution is -2.19. The van der Waals surface area contributed by atoms with E-state index < -0.39 is 6.04 Å². The van der Waals surface area contributed by atoms with Crippen molar-refractivity contribution in [1.82, 2.24) is 0 Å². The van der Waals surface area contributed by atoms with Crippen molar-refractivity contribution in [2.24, 2.45) is 0 Å². The summed E-state index contributed by atoms with van der Waals surface area (Å²) in [7, 11) is 0. The lowest BCUT2D eigenvalue weighted by molar-refractivity contribution is -0.116. The smallest absolute Gasteiger partial charge is 0.251 e. The van der Waals surface area contributed by atoms with E-state index in [9.17, 15) is 4.79 Å². The van der Waals surface area contributed by atoms with E-state index in [1.165, 1.54) is 0 Å². The molecule has 3 nitrogen and oxygen atoms in total. The molecule has 0 spiro atoms. The largest absolute Gasteiger partial charge is 0.369 e. The first-order valence-electron chi connectivity index (χ1n) is 5.87. The van der Waals surface area contributed by atoms with Gasteiger partial charge in [0.05, 0.1) is 15.7 Å². The minimum absolute atomic E-state index is 0.154. The van der Waals surface area contributed by atoms with Crippen molar-refractivity contribution >= 4 is 52.1 Å². The van der Waals surface area contributed by atoms with Crippen molar-refractivity contribution in [3.63, 3.8) is 0 Å². The number of fused-ring (bicyclic) bond motifs is 1. The summed E-state index contributed by atoms with van der Waals surface area (Å²) in [6.45, 7) is 0. The first-order chi connectivity index (χ1) is 9.56. The second-order valence-corrected chi connectivity index (χ2v) is 5.62. The molecule has 2 aromatic carbocycles. The maximum absolute atomic E-state index is 12.1. The molecule has 0 radical (unpaired) electrons. The number of hydrogen-bond donors (Lipinski definition) is 2. The molecular weight excluding hydrogens is 319 g/mol. The van der Waals surface area contributed by atoms with Gasteiger partial charge in [0.15, 0.2) is 0 Å². The molecule has 0 saturated heterocycles. The van der Waals surface area contributed by atoms with Gasteiger partial charge in [-0.25, -0.2) is 0 Å². The van der Waals surface area contributed by atoms with E-state index in [1.807, 2.05) is 0 Å². The summed E-state index contributed by atoms with van der Waals surface area (Å²) in [5, 5.41) is 7.28. The van der Waals surface area contributed by atoms with Crippen molar-refractivity contribution in [1.29, 1.82) is 0 Å². The molecule has 0 aliphatic carbocycles. The van der Waals surface area contributed by atoms with Gasteiger partial charge in [-0.2, -0.15) is 0 Å². The third kappa shape index (κ3) is 2.33. The van der Waals surface area contributed by atoms with E-state index in [0.29, 0.717) is 20.8 Å². The summed E-state index contributed by atoms with van der Waals surface area (Å²) >= 11 is 18.1. The number of benzene rings is 2. The zero-order chi connectivity index (χ0) is 14.3. The molecule has 1 amide bonds. The predicted octanol–water partition coefficient (Wildman–Crippen LogP) is 4.75. The zero-order valence-corrected chi connectivity index (χ0v) is 12.4. The lowest BCUT2D eigenvalue weighted by Gasteiger charge is -2.15. The van der Waals surface area contributed by atoms with Gasteiger partial charge in [-0.1, -0.05) is 40.9 Å². The Morgan fingerprint density at radius 3 is 2.70 bits per heavy atom. The second-order valence-electron chi connectivity index (χ2n) is 4.40. The van der Waals surface area contributed by atoms with Crippen LogP contribution in [0.15, 0.2) is 36.4 Å². The van der Waals surface area contributed by atoms with Gasteiger partial charge < -0.3 is 10.6 Å². The predicted molar refractivity (Wildman–Crippen MR) is 82.9 cm³/mol. The summed E-state index contributed by atoms with van der Waals surface area (Å²) in [5.41, 5.74) is 2.14. The Balaban J connectivity index is 1.98. The quantitative estimate of drug-likeness (QED) is 0.835. The van der Waals surface area contributed by atoms with Crippen molar-refractivity contribution in [2.75, 3.05) is 10.6 Å². The maximum Gasteiger partial charge on any atom is 0.251 e. The molecule has 1 heterocycles. The van der Waals surface area contributed by atoms with Crippen molar-refractivity contribution in [3.8, 4) is 0 Å². The molecule has 0 aromatic heterocycles. The van der Waals surface area contributed by atoms with Crippen LogP contribution in [0, 0.1) is 0 Å². The Kier molecular flexibility index (Phi) is 3.50. The summed E-state index contributed by atoms with van der Waals surface area (Å²) in [4.78, 5) is 12.1. The Hall–Kier alpha value is -1.42. The molecule has 2 aromatic rings. The van der Waals surface area contributed by atoms with Gasteiger partial charge in [0.2, 0.25) is 0 Å². The van der Waals surface area contributed by atoms with Crippen LogP contribution in [0.25, 0.3) is 0 Å². The molecule has 0 saturated carbocycles. The third-order valence-corrected chi connectivity index (χ3v) is 4.15. The van der Waals surface area contributed by atoms with Crippen LogP contribution in [0.1, 0.15) is 11.6 Å². The molecular formula is C14H9Cl3N2O. The fraction of sp³-hybridized carbons (Fsp3) is 0.0714. The van der Waals surface area contributed by atoms with Gasteiger partial charge in [0, 0.05) is 16.3 Å². The van der Waals surface area contributed by atoms with Crippen LogP contribution in [-0.4, -0.2) is 5.91 Å². The van der Waals surface area contributed by atoms with E-state index in [-0.39, 0.29) is 5.91 Å². The zero-order valence-electron chi connectivity index (χ0n) is 10.1. The Morgan fingerprint density at radius 1 is 1.10 bits per heavy atom. The first-order valence-corrected chi connectivity index (χ1v) is 7.00. The minimum atomic E-state index is -0.542. The van der Waals surface area contributed by atoms with Crippen LogP contribution in [0.5, 0.6) is 0 Å². The van der Waals surface area contributed by atoms with Crippen LogP contribution in [0.2, 0.25) is 15.1 Å². The normalized spacial score (nSPS) is 16.8. The van der Waals surface area contributed by atoms with Gasteiger partial charge in [0.1, 0.15) is 6.04 Å². The summed E-state index contributed by atoms with van der Waals surface area (Å²) in [6.07, 6.45) is 0. The summed E-state index contributed by atoms with van der Waals surface area (Å²) in [5.74, 6) is -0.154. The number of nitrogens with one attached hydrogen (secondary N) is 2. The molecule has 0 fully saturated rings. The molecule has 6 heteroatoms. The van der Waals surface area contributed by atoms with Crippen LogP contribution < -0.4 is 10.6 Å². The van der Waals surface area contributed by atoms with Gasteiger partial charge in [-0.05, 0) is 30.3 Å². The fourth-order valence-corrected chi connectivity index (χ4v) is 2.68. The molecule has 0 bridgehead atoms. The molecule has 102 valence electrons. The summed E-state index contributed by atoms with van der Waals surface area (Å²) < 4.78 is 0. The molecule has 1 aliphatic heterocycles. The Labute approximate surface area is 130 Å². The second kappa shape index (κ2) is 5.17. The van der Waals surface area contributed by atoms with E-state index in [0.717, 1.165) is 11.3 Å². The standard InChI is InChI=1S/C14H9Cl3N2O/c15-7-4-5-10-8(6-7)13(14(20)19-10)18-11-3-1-2-9(16)12(11)17/h1-6,13,18H,(H,19,20). The topological polar surface area (TPSA) is 41.1 Å². The molecule has 2 N–H and O–H groups in total. The van der Waals surface area contributed by atoms with Crippen LogP contribution in [0.4, 0.5) is 11.4 Å². The highest BCUT2D eigenvalue weighted by molar-refractivity contribution is 6.43. The van der Waals surface area contributed by atoms with Crippen molar-refractivity contribution < 1.29 is 4.79 Å². The van der Waals surface area contributed by atoms with Gasteiger partial charge in [0.25, 0.3) is 5.91 Å². The monoisotopic (exact) mass is 326 g/mol. The molecule has 1 aliphatic rings. The van der Waals surface area contributed by atoms with E-state index >= 15 is 0 Å². The molecule has 1 unspecified atom stereocenters. The Morgan fingerprint density at radius 2 is 1.90 bits per heavy atom. The van der Waals surface area contributed by atoms with Crippen molar-refractivity contribution in [2.45, 2.75) is 6.04 Å². The van der Waals surface area contributed by atoms with Crippen LogP contribution in [0.3, 0.4) is 0 Å². The third-order valence-electron chi connectivity index (χ3n) is 3.10. The lowest BCUT2D eigenvalue weighted by atomic mass is 10.1. The number of halogens is 3. The maximum atomic E-state index is 12.1. The average Bonchev–Trinajstić information content (AvgIpc) is 2.71. The Bertz CT molecular complexity index is 703. The van der Waals surface area contributed by atoms with Crippen LogP contribution >= 0.6 is 34.8 Å². The first kappa shape index (κ1) is 13.6. The van der Waals surface area contributed by atoms with Crippen molar-refractivity contribution in [3.05, 3.63) is 57.0 Å². The highest BCUT2D eigenvalue weighted by Gasteiger charge is 2.31. The molecule has 3 rings (SSSR count). The number of hydrogen-bond acceptors (Lipinski definition) is 2. The summed E-state index contributed by atoms with van der Waals surface area (Å²) in [6, 6.07) is 9.94. The number of anilines is 2.